The van der Waals surface area contributed by atoms with Crippen LogP contribution in [0.15, 0.2) is 18.2 Å². The highest BCUT2D eigenvalue weighted by molar-refractivity contribution is 7.92. The van der Waals surface area contributed by atoms with Crippen LogP contribution in [0.3, 0.4) is 0 Å². The Morgan fingerprint density at radius 2 is 2.00 bits per heavy atom. The summed E-state index contributed by atoms with van der Waals surface area (Å²) in [5.74, 6) is -0.171. The Bertz CT molecular complexity index is 494. The van der Waals surface area contributed by atoms with Crippen molar-refractivity contribution in [3.63, 3.8) is 0 Å². The van der Waals surface area contributed by atoms with E-state index in [-0.39, 0.29) is 28.1 Å². The van der Waals surface area contributed by atoms with Crippen LogP contribution in [-0.2, 0) is 14.8 Å². The average molecular weight is 313 g/mol. The predicted molar refractivity (Wildman–Crippen MR) is 73.7 cm³/mol. The van der Waals surface area contributed by atoms with E-state index in [1.165, 1.54) is 6.07 Å². The van der Waals surface area contributed by atoms with Crippen LogP contribution >= 0.6 is 23.2 Å². The Kier molecular flexibility index (Phi) is 6.17. The summed E-state index contributed by atoms with van der Waals surface area (Å²) in [6.45, 7) is 0.756. The second-order valence-corrected chi connectivity index (χ2v) is 6.05. The van der Waals surface area contributed by atoms with Crippen LogP contribution in [0, 0.1) is 0 Å². The number of rotatable bonds is 7. The molecule has 0 bridgehead atoms. The van der Waals surface area contributed by atoms with Gasteiger partial charge in [0, 0.05) is 6.54 Å². The van der Waals surface area contributed by atoms with E-state index in [1.54, 1.807) is 12.1 Å². The molecule has 3 N–H and O–H groups in total. The van der Waals surface area contributed by atoms with E-state index in [4.69, 9.17) is 33.7 Å². The van der Waals surface area contributed by atoms with Crippen LogP contribution in [0.4, 0.5) is 5.69 Å². The summed E-state index contributed by atoms with van der Waals surface area (Å²) in [5, 5.41) is 0.460. The Balaban J connectivity index is 2.62. The van der Waals surface area contributed by atoms with Crippen LogP contribution in [0.25, 0.3) is 0 Å². The Morgan fingerprint density at radius 3 is 2.67 bits per heavy atom. The summed E-state index contributed by atoms with van der Waals surface area (Å²) in [6, 6.07) is 4.72. The van der Waals surface area contributed by atoms with E-state index in [2.05, 4.69) is 4.72 Å². The summed E-state index contributed by atoms with van der Waals surface area (Å²) >= 11 is 11.7. The molecule has 0 aliphatic carbocycles. The zero-order valence-corrected chi connectivity index (χ0v) is 11.9. The van der Waals surface area contributed by atoms with Crippen LogP contribution < -0.4 is 10.5 Å². The van der Waals surface area contributed by atoms with Crippen LogP contribution in [0.5, 0.6) is 0 Å². The molecule has 0 saturated carbocycles. The van der Waals surface area contributed by atoms with Gasteiger partial charge in [-0.05, 0) is 12.1 Å². The summed E-state index contributed by atoms with van der Waals surface area (Å²) in [4.78, 5) is 0. The zero-order valence-electron chi connectivity index (χ0n) is 9.53. The molecule has 0 heterocycles. The maximum absolute atomic E-state index is 11.7. The number of nitrogens with one attached hydrogen (secondary N) is 1. The van der Waals surface area contributed by atoms with Crippen molar-refractivity contribution < 1.29 is 13.2 Å². The minimum atomic E-state index is -3.51. The van der Waals surface area contributed by atoms with Gasteiger partial charge >= 0.3 is 0 Å². The van der Waals surface area contributed by atoms with Crippen LogP contribution in [0.1, 0.15) is 0 Å². The number of anilines is 1. The van der Waals surface area contributed by atoms with Crippen molar-refractivity contribution in [3.8, 4) is 0 Å². The van der Waals surface area contributed by atoms with E-state index in [9.17, 15) is 8.42 Å². The number of benzene rings is 1. The van der Waals surface area contributed by atoms with Gasteiger partial charge in [0.15, 0.2) is 0 Å². The molecule has 0 radical (unpaired) electrons. The Hall–Kier alpha value is -0.530. The minimum absolute atomic E-state index is 0.0741. The molecule has 8 heteroatoms. The molecule has 0 unspecified atom stereocenters. The highest BCUT2D eigenvalue weighted by atomic mass is 35.5. The van der Waals surface area contributed by atoms with Gasteiger partial charge in [-0.3, -0.25) is 4.72 Å². The van der Waals surface area contributed by atoms with Gasteiger partial charge < -0.3 is 10.5 Å². The second-order valence-electron chi connectivity index (χ2n) is 3.42. The average Bonchev–Trinajstić information content (AvgIpc) is 2.31. The zero-order chi connectivity index (χ0) is 13.6. The summed E-state index contributed by atoms with van der Waals surface area (Å²) in [6.07, 6.45) is 0. The van der Waals surface area contributed by atoms with Crippen molar-refractivity contribution in [2.75, 3.05) is 30.2 Å². The van der Waals surface area contributed by atoms with E-state index in [0.717, 1.165) is 0 Å². The fourth-order valence-corrected chi connectivity index (χ4v) is 2.50. The maximum Gasteiger partial charge on any atom is 0.235 e. The predicted octanol–water partition coefficient (Wildman–Crippen LogP) is 1.71. The monoisotopic (exact) mass is 312 g/mol. The molecule has 0 aliphatic rings. The standard InChI is InChI=1S/C10H14Cl2N2O3S/c11-8-2-1-3-9(10(8)12)14-18(15,16)7-6-17-5-4-13/h1-3,14H,4-7,13H2. The van der Waals surface area contributed by atoms with Gasteiger partial charge in [0.1, 0.15) is 0 Å². The van der Waals surface area contributed by atoms with Gasteiger partial charge in [0.25, 0.3) is 0 Å². The molecule has 102 valence electrons. The lowest BCUT2D eigenvalue weighted by Gasteiger charge is -2.10. The van der Waals surface area contributed by atoms with Crippen molar-refractivity contribution in [1.29, 1.82) is 0 Å². The third kappa shape index (κ3) is 4.99. The molecule has 1 aromatic carbocycles. The first kappa shape index (κ1) is 15.5. The molecule has 0 amide bonds. The molecule has 1 rings (SSSR count). The highest BCUT2D eigenvalue weighted by Crippen LogP contribution is 2.30. The molecular formula is C10H14Cl2N2O3S. The van der Waals surface area contributed by atoms with Crippen molar-refractivity contribution in [2.45, 2.75) is 0 Å². The van der Waals surface area contributed by atoms with Crippen molar-refractivity contribution in [1.82, 2.24) is 0 Å². The summed E-state index contributed by atoms with van der Waals surface area (Å²) < 4.78 is 30.8. The van der Waals surface area contributed by atoms with E-state index < -0.39 is 10.0 Å². The van der Waals surface area contributed by atoms with Crippen molar-refractivity contribution in [3.05, 3.63) is 28.2 Å². The van der Waals surface area contributed by atoms with E-state index in [0.29, 0.717) is 13.2 Å². The third-order valence-electron chi connectivity index (χ3n) is 1.98. The largest absolute Gasteiger partial charge is 0.379 e. The van der Waals surface area contributed by atoms with Crippen molar-refractivity contribution >= 4 is 38.9 Å². The molecule has 18 heavy (non-hydrogen) atoms. The number of sulfonamides is 1. The van der Waals surface area contributed by atoms with Gasteiger partial charge in [-0.15, -0.1) is 0 Å². The Labute approximate surface area is 116 Å². The molecule has 5 nitrogen and oxygen atoms in total. The molecule has 0 saturated heterocycles. The lowest BCUT2D eigenvalue weighted by atomic mass is 10.3. The number of hydrogen-bond acceptors (Lipinski definition) is 4. The Morgan fingerprint density at radius 1 is 1.28 bits per heavy atom. The third-order valence-corrected chi connectivity index (χ3v) is 4.03. The first-order valence-electron chi connectivity index (χ1n) is 5.18. The van der Waals surface area contributed by atoms with E-state index >= 15 is 0 Å². The van der Waals surface area contributed by atoms with E-state index in [1.807, 2.05) is 0 Å². The topological polar surface area (TPSA) is 81.4 Å². The summed E-state index contributed by atoms with van der Waals surface area (Å²) in [5.41, 5.74) is 5.47. The quantitative estimate of drug-likeness (QED) is 0.751. The summed E-state index contributed by atoms with van der Waals surface area (Å²) in [7, 11) is -3.51. The minimum Gasteiger partial charge on any atom is -0.379 e. The molecule has 0 aliphatic heterocycles. The normalized spacial score (nSPS) is 11.5. The lowest BCUT2D eigenvalue weighted by molar-refractivity contribution is 0.157. The smallest absolute Gasteiger partial charge is 0.235 e. The number of halogens is 2. The van der Waals surface area contributed by atoms with Gasteiger partial charge in [-0.1, -0.05) is 29.3 Å². The van der Waals surface area contributed by atoms with Crippen molar-refractivity contribution in [2.24, 2.45) is 5.73 Å². The first-order valence-corrected chi connectivity index (χ1v) is 7.59. The number of nitrogens with two attached hydrogens (primary N) is 1. The maximum atomic E-state index is 11.7. The number of hydrogen-bond donors (Lipinski definition) is 2. The molecule has 1 aromatic rings. The fraction of sp³-hybridized carbons (Fsp3) is 0.400. The van der Waals surface area contributed by atoms with Gasteiger partial charge in [0.2, 0.25) is 10.0 Å². The lowest BCUT2D eigenvalue weighted by Crippen LogP contribution is -2.21. The molecular weight excluding hydrogens is 299 g/mol. The van der Waals surface area contributed by atoms with Gasteiger partial charge in [-0.2, -0.15) is 0 Å². The highest BCUT2D eigenvalue weighted by Gasteiger charge is 2.13. The molecule has 0 spiro atoms. The second kappa shape index (κ2) is 7.16. The fourth-order valence-electron chi connectivity index (χ4n) is 1.16. The van der Waals surface area contributed by atoms with Crippen LogP contribution in [0.2, 0.25) is 10.0 Å². The molecule has 0 aromatic heterocycles. The van der Waals surface area contributed by atoms with Gasteiger partial charge in [0.05, 0.1) is 34.7 Å². The van der Waals surface area contributed by atoms with Gasteiger partial charge in [-0.25, -0.2) is 8.42 Å². The van der Waals surface area contributed by atoms with Crippen LogP contribution in [-0.4, -0.2) is 33.9 Å². The first-order chi connectivity index (χ1) is 8.46. The molecule has 0 fully saturated rings. The number of ether oxygens (including phenoxy) is 1. The SMILES string of the molecule is NCCOCCS(=O)(=O)Nc1cccc(Cl)c1Cl. The molecule has 0 atom stereocenters.